The minimum atomic E-state index is -0.381. The number of amides is 1. The van der Waals surface area contributed by atoms with Gasteiger partial charge in [0.05, 0.1) is 12.6 Å². The number of ether oxygens (including phenoxy) is 1. The molecule has 1 spiro atoms. The van der Waals surface area contributed by atoms with Crippen LogP contribution in [0.4, 0.5) is 0 Å². The maximum atomic E-state index is 12.9. The molecule has 1 aliphatic carbocycles. The number of unbranched alkanes of at least 4 members (excludes halogenated alkanes) is 1. The molecule has 2 heterocycles. The maximum absolute atomic E-state index is 12.9. The fourth-order valence-corrected chi connectivity index (χ4v) is 4.92. The molecule has 0 bridgehead atoms. The first-order valence-electron chi connectivity index (χ1n) is 9.46. The summed E-state index contributed by atoms with van der Waals surface area (Å²) in [6, 6.07) is 10.5. The largest absolute Gasteiger partial charge is 0.352 e. The van der Waals surface area contributed by atoms with Gasteiger partial charge < -0.3 is 9.64 Å². The third kappa shape index (κ3) is 2.41. The molecule has 24 heavy (non-hydrogen) atoms. The molecule has 0 N–H and O–H groups in total. The molecular weight excluding hydrogens is 298 g/mol. The second kappa shape index (κ2) is 6.36. The van der Waals surface area contributed by atoms with Crippen LogP contribution in [0.2, 0.25) is 0 Å². The smallest absolute Gasteiger partial charge is 0.225 e. The lowest BCUT2D eigenvalue weighted by atomic mass is 9.72. The van der Waals surface area contributed by atoms with Crippen LogP contribution in [0.25, 0.3) is 0 Å². The number of hydrogen-bond acceptors (Lipinski definition) is 2. The van der Waals surface area contributed by atoms with Crippen molar-refractivity contribution in [3.8, 4) is 0 Å². The van der Waals surface area contributed by atoms with Crippen molar-refractivity contribution in [3.05, 3.63) is 47.5 Å². The average Bonchev–Trinajstić information content (AvgIpc) is 3.01. The van der Waals surface area contributed by atoms with Crippen LogP contribution in [-0.4, -0.2) is 23.1 Å². The minimum absolute atomic E-state index is 0.0759. The molecule has 4 rings (SSSR count). The zero-order valence-electron chi connectivity index (χ0n) is 14.5. The Labute approximate surface area is 144 Å². The molecule has 0 aromatic heterocycles. The zero-order chi connectivity index (χ0) is 16.6. The van der Waals surface area contributed by atoms with Gasteiger partial charge in [0, 0.05) is 12.3 Å². The van der Waals surface area contributed by atoms with Crippen molar-refractivity contribution in [3.63, 3.8) is 0 Å². The zero-order valence-corrected chi connectivity index (χ0v) is 14.5. The van der Waals surface area contributed by atoms with Gasteiger partial charge in [0.25, 0.3) is 0 Å². The molecule has 1 aromatic carbocycles. The highest BCUT2D eigenvalue weighted by Crippen LogP contribution is 2.53. The highest BCUT2D eigenvalue weighted by Gasteiger charge is 2.58. The lowest BCUT2D eigenvalue weighted by Crippen LogP contribution is -2.58. The monoisotopic (exact) mass is 325 g/mol. The highest BCUT2D eigenvalue weighted by molar-refractivity contribution is 5.79. The van der Waals surface area contributed by atoms with Crippen molar-refractivity contribution in [1.82, 2.24) is 4.90 Å². The quantitative estimate of drug-likeness (QED) is 0.757. The molecule has 1 aromatic rings. The summed E-state index contributed by atoms with van der Waals surface area (Å²) >= 11 is 0. The Balaban J connectivity index is 1.68. The van der Waals surface area contributed by atoms with E-state index in [4.69, 9.17) is 4.74 Å². The summed E-state index contributed by atoms with van der Waals surface area (Å²) < 4.78 is 6.46. The van der Waals surface area contributed by atoms with Crippen molar-refractivity contribution >= 4 is 5.91 Å². The van der Waals surface area contributed by atoms with E-state index in [1.807, 2.05) is 6.07 Å². The van der Waals surface area contributed by atoms with E-state index in [0.29, 0.717) is 18.9 Å². The molecule has 3 heteroatoms. The Morgan fingerprint density at radius 1 is 1.29 bits per heavy atom. The molecule has 3 nitrogen and oxygen atoms in total. The van der Waals surface area contributed by atoms with Gasteiger partial charge in [-0.1, -0.05) is 55.3 Å². The van der Waals surface area contributed by atoms with Crippen LogP contribution in [0, 0.1) is 5.92 Å². The van der Waals surface area contributed by atoms with E-state index in [-0.39, 0.29) is 17.7 Å². The van der Waals surface area contributed by atoms with E-state index in [9.17, 15) is 4.79 Å². The molecule has 0 saturated carbocycles. The van der Waals surface area contributed by atoms with Crippen LogP contribution < -0.4 is 0 Å². The van der Waals surface area contributed by atoms with Crippen molar-refractivity contribution in [2.45, 2.75) is 63.6 Å². The molecule has 2 saturated heterocycles. The Morgan fingerprint density at radius 3 is 2.92 bits per heavy atom. The van der Waals surface area contributed by atoms with Crippen molar-refractivity contribution in [1.29, 1.82) is 0 Å². The Hall–Kier alpha value is -1.61. The van der Waals surface area contributed by atoms with E-state index in [1.165, 1.54) is 24.0 Å². The standard InChI is InChI=1S/C21H27NO2/c1-2-3-8-16-11-7-14-21-18(16)12-13-20(23)22(21)19(15-24-21)17-9-5-4-6-10-17/h4-6,9-11,18-19H,2-3,7-8,12-15H2,1H3/t18-,19-,21-/m0/s1. The predicted molar refractivity (Wildman–Crippen MR) is 94.3 cm³/mol. The number of nitrogens with zero attached hydrogens (tertiary/aromatic N) is 1. The normalized spacial score (nSPS) is 32.3. The van der Waals surface area contributed by atoms with Gasteiger partial charge in [0.1, 0.15) is 0 Å². The van der Waals surface area contributed by atoms with Gasteiger partial charge in [-0.15, -0.1) is 0 Å². The van der Waals surface area contributed by atoms with Gasteiger partial charge >= 0.3 is 0 Å². The summed E-state index contributed by atoms with van der Waals surface area (Å²) in [6.45, 7) is 2.88. The average molecular weight is 325 g/mol. The van der Waals surface area contributed by atoms with E-state index >= 15 is 0 Å². The maximum Gasteiger partial charge on any atom is 0.225 e. The number of carbonyl (C=O) groups excluding carboxylic acids is 1. The summed E-state index contributed by atoms with van der Waals surface area (Å²) in [5.74, 6) is 0.665. The first-order valence-corrected chi connectivity index (χ1v) is 9.46. The fourth-order valence-electron chi connectivity index (χ4n) is 4.92. The summed E-state index contributed by atoms with van der Waals surface area (Å²) in [5, 5.41) is 0. The topological polar surface area (TPSA) is 29.5 Å². The lowest BCUT2D eigenvalue weighted by molar-refractivity contribution is -0.175. The van der Waals surface area contributed by atoms with Crippen LogP contribution in [0.15, 0.2) is 42.0 Å². The van der Waals surface area contributed by atoms with Gasteiger partial charge in [0.2, 0.25) is 5.91 Å². The first-order chi connectivity index (χ1) is 11.8. The van der Waals surface area contributed by atoms with Gasteiger partial charge in [-0.25, -0.2) is 0 Å². The van der Waals surface area contributed by atoms with Gasteiger partial charge in [-0.05, 0) is 37.7 Å². The molecule has 2 aliphatic heterocycles. The predicted octanol–water partition coefficient (Wildman–Crippen LogP) is 4.60. The molecule has 3 aliphatic rings. The van der Waals surface area contributed by atoms with Crippen LogP contribution >= 0.6 is 0 Å². The van der Waals surface area contributed by atoms with Crippen LogP contribution in [-0.2, 0) is 9.53 Å². The Kier molecular flexibility index (Phi) is 4.21. The molecule has 2 fully saturated rings. The van der Waals surface area contributed by atoms with E-state index in [1.54, 1.807) is 0 Å². The summed E-state index contributed by atoms with van der Waals surface area (Å²) in [5.41, 5.74) is 2.36. The van der Waals surface area contributed by atoms with Gasteiger partial charge in [-0.3, -0.25) is 4.79 Å². The van der Waals surface area contributed by atoms with Crippen LogP contribution in [0.3, 0.4) is 0 Å². The number of benzene rings is 1. The van der Waals surface area contributed by atoms with Crippen molar-refractivity contribution < 1.29 is 9.53 Å². The number of hydrogen-bond donors (Lipinski definition) is 0. The van der Waals surface area contributed by atoms with Gasteiger partial charge in [-0.2, -0.15) is 0 Å². The molecule has 1 amide bonds. The summed E-state index contributed by atoms with van der Waals surface area (Å²) in [4.78, 5) is 15.0. The van der Waals surface area contributed by atoms with Crippen molar-refractivity contribution in [2.75, 3.05) is 6.61 Å². The molecule has 128 valence electrons. The van der Waals surface area contributed by atoms with E-state index < -0.39 is 0 Å². The second-order valence-electron chi connectivity index (χ2n) is 7.36. The number of piperidine rings is 1. The number of carbonyl (C=O) groups is 1. The molecule has 3 atom stereocenters. The highest BCUT2D eigenvalue weighted by atomic mass is 16.5. The first kappa shape index (κ1) is 15.9. The second-order valence-corrected chi connectivity index (χ2v) is 7.36. The third-order valence-corrected chi connectivity index (χ3v) is 6.03. The fraction of sp³-hybridized carbons (Fsp3) is 0.571. The van der Waals surface area contributed by atoms with Crippen molar-refractivity contribution in [2.24, 2.45) is 5.92 Å². The Bertz CT molecular complexity index is 638. The van der Waals surface area contributed by atoms with Crippen LogP contribution in [0.1, 0.15) is 63.5 Å². The summed E-state index contributed by atoms with van der Waals surface area (Å²) in [7, 11) is 0. The molecular formula is C21H27NO2. The minimum Gasteiger partial charge on any atom is -0.352 e. The molecule has 0 radical (unpaired) electrons. The number of allylic oxidation sites excluding steroid dienone is 1. The summed E-state index contributed by atoms with van der Waals surface area (Å²) in [6.07, 6.45) is 9.61. The van der Waals surface area contributed by atoms with E-state index in [2.05, 4.69) is 42.2 Å². The van der Waals surface area contributed by atoms with E-state index in [0.717, 1.165) is 25.7 Å². The van der Waals surface area contributed by atoms with Gasteiger partial charge in [0.15, 0.2) is 5.72 Å². The SMILES string of the molecule is CCCCC1=CCC[C@@]23OC[C@@H](c4ccccc4)N2C(=O)CC[C@@H]13. The third-order valence-electron chi connectivity index (χ3n) is 6.03. The lowest BCUT2D eigenvalue weighted by Gasteiger charge is -2.50. The molecule has 0 unspecified atom stereocenters. The number of rotatable bonds is 4. The van der Waals surface area contributed by atoms with Crippen LogP contribution in [0.5, 0.6) is 0 Å². The Morgan fingerprint density at radius 2 is 2.12 bits per heavy atom.